The maximum absolute atomic E-state index is 6.04. The number of anilines is 1. The van der Waals surface area contributed by atoms with Crippen molar-refractivity contribution >= 4 is 23.0 Å². The van der Waals surface area contributed by atoms with Crippen molar-refractivity contribution in [3.63, 3.8) is 0 Å². The van der Waals surface area contributed by atoms with E-state index in [1.807, 2.05) is 60.7 Å². The fourth-order valence-electron chi connectivity index (χ4n) is 3.33. The van der Waals surface area contributed by atoms with Crippen molar-refractivity contribution in [3.05, 3.63) is 95.0 Å². The van der Waals surface area contributed by atoms with E-state index in [4.69, 9.17) is 21.4 Å². The average molecular weight is 363 g/mol. The molecule has 0 saturated heterocycles. The van der Waals surface area contributed by atoms with Crippen LogP contribution in [-0.2, 0) is 0 Å². The van der Waals surface area contributed by atoms with Crippen molar-refractivity contribution in [2.75, 3.05) is 12.1 Å². The molecule has 1 aliphatic heterocycles. The zero-order chi connectivity index (χ0) is 17.9. The minimum Gasteiger partial charge on any atom is -0.496 e. The molecule has 0 amide bonds. The van der Waals surface area contributed by atoms with Gasteiger partial charge in [0.05, 0.1) is 24.6 Å². The standard InChI is InChI=1S/C22H19ClN2O/c1-26-22-10-6-5-9-19(22)21-15-20(16-11-13-17(23)14-12-16)24-25(21)18-7-3-2-4-8-18/h2-14,21H,15H2,1H3/t21-/m0/s1. The molecule has 0 aromatic heterocycles. The monoisotopic (exact) mass is 362 g/mol. The van der Waals surface area contributed by atoms with Crippen LogP contribution in [0.4, 0.5) is 5.69 Å². The van der Waals surface area contributed by atoms with Gasteiger partial charge in [-0.15, -0.1) is 0 Å². The van der Waals surface area contributed by atoms with Crippen LogP contribution in [0.25, 0.3) is 0 Å². The highest BCUT2D eigenvalue weighted by Crippen LogP contribution is 2.40. The third-order valence-electron chi connectivity index (χ3n) is 4.61. The zero-order valence-electron chi connectivity index (χ0n) is 14.5. The number of para-hydroxylation sites is 2. The summed E-state index contributed by atoms with van der Waals surface area (Å²) in [5, 5.41) is 7.76. The highest BCUT2D eigenvalue weighted by molar-refractivity contribution is 6.30. The van der Waals surface area contributed by atoms with E-state index < -0.39 is 0 Å². The summed E-state index contributed by atoms with van der Waals surface area (Å²) < 4.78 is 5.60. The van der Waals surface area contributed by atoms with Gasteiger partial charge in [0.1, 0.15) is 5.75 Å². The number of methoxy groups -OCH3 is 1. The van der Waals surface area contributed by atoms with Gasteiger partial charge in [0.15, 0.2) is 0 Å². The average Bonchev–Trinajstić information content (AvgIpc) is 3.14. The Hall–Kier alpha value is -2.78. The number of halogens is 1. The van der Waals surface area contributed by atoms with E-state index >= 15 is 0 Å². The van der Waals surface area contributed by atoms with Crippen LogP contribution in [0.1, 0.15) is 23.6 Å². The van der Waals surface area contributed by atoms with Crippen LogP contribution in [0, 0.1) is 0 Å². The van der Waals surface area contributed by atoms with Crippen LogP contribution in [0.15, 0.2) is 84.0 Å². The summed E-state index contributed by atoms with van der Waals surface area (Å²) in [5.74, 6) is 0.881. The molecule has 0 aliphatic carbocycles. The van der Waals surface area contributed by atoms with Gasteiger partial charge in [0.2, 0.25) is 0 Å². The Morgan fingerprint density at radius 3 is 2.35 bits per heavy atom. The molecule has 1 aliphatic rings. The highest BCUT2D eigenvalue weighted by Gasteiger charge is 2.31. The minimum absolute atomic E-state index is 0.0826. The number of ether oxygens (including phenoxy) is 1. The number of hydrogen-bond donors (Lipinski definition) is 0. The SMILES string of the molecule is COc1ccccc1[C@@H]1CC(c2ccc(Cl)cc2)=NN1c1ccccc1. The molecule has 3 nitrogen and oxygen atoms in total. The molecule has 130 valence electrons. The van der Waals surface area contributed by atoms with Gasteiger partial charge in [-0.3, -0.25) is 5.01 Å². The lowest BCUT2D eigenvalue weighted by Crippen LogP contribution is -2.19. The second-order valence-electron chi connectivity index (χ2n) is 6.20. The van der Waals surface area contributed by atoms with E-state index in [0.29, 0.717) is 0 Å². The van der Waals surface area contributed by atoms with Crippen LogP contribution in [0.2, 0.25) is 5.02 Å². The summed E-state index contributed by atoms with van der Waals surface area (Å²) in [7, 11) is 1.71. The van der Waals surface area contributed by atoms with Crippen LogP contribution in [0.3, 0.4) is 0 Å². The molecule has 4 heteroatoms. The van der Waals surface area contributed by atoms with Crippen molar-refractivity contribution in [1.82, 2.24) is 0 Å². The Kier molecular flexibility index (Phi) is 4.63. The van der Waals surface area contributed by atoms with Crippen molar-refractivity contribution in [3.8, 4) is 5.75 Å². The lowest BCUT2D eigenvalue weighted by Gasteiger charge is -2.25. The first-order valence-corrected chi connectivity index (χ1v) is 8.94. The quantitative estimate of drug-likeness (QED) is 0.594. The summed E-state index contributed by atoms with van der Waals surface area (Å²) in [6, 6.07) is 26.3. The summed E-state index contributed by atoms with van der Waals surface area (Å²) in [5.41, 5.74) is 4.33. The molecule has 0 unspecified atom stereocenters. The molecular formula is C22H19ClN2O. The molecule has 0 radical (unpaired) electrons. The topological polar surface area (TPSA) is 24.8 Å². The molecule has 1 heterocycles. The molecule has 3 aromatic carbocycles. The van der Waals surface area contributed by atoms with Gasteiger partial charge >= 0.3 is 0 Å². The second-order valence-corrected chi connectivity index (χ2v) is 6.63. The Morgan fingerprint density at radius 2 is 1.62 bits per heavy atom. The summed E-state index contributed by atoms with van der Waals surface area (Å²) >= 11 is 6.04. The van der Waals surface area contributed by atoms with Gasteiger partial charge in [0.25, 0.3) is 0 Å². The highest BCUT2D eigenvalue weighted by atomic mass is 35.5. The van der Waals surface area contributed by atoms with Gasteiger partial charge in [-0.1, -0.05) is 60.1 Å². The Labute approximate surface area is 158 Å². The van der Waals surface area contributed by atoms with Gasteiger partial charge in [0, 0.05) is 17.0 Å². The molecule has 26 heavy (non-hydrogen) atoms. The number of rotatable bonds is 4. The largest absolute Gasteiger partial charge is 0.496 e. The smallest absolute Gasteiger partial charge is 0.124 e. The van der Waals surface area contributed by atoms with E-state index in [2.05, 4.69) is 23.2 Å². The Morgan fingerprint density at radius 1 is 0.923 bits per heavy atom. The van der Waals surface area contributed by atoms with E-state index in [9.17, 15) is 0 Å². The maximum Gasteiger partial charge on any atom is 0.124 e. The molecule has 0 N–H and O–H groups in total. The maximum atomic E-state index is 6.04. The van der Waals surface area contributed by atoms with Gasteiger partial charge < -0.3 is 4.74 Å². The van der Waals surface area contributed by atoms with Crippen molar-refractivity contribution in [1.29, 1.82) is 0 Å². The minimum atomic E-state index is 0.0826. The predicted octanol–water partition coefficient (Wildman–Crippen LogP) is 5.70. The zero-order valence-corrected chi connectivity index (χ0v) is 15.2. The molecule has 0 bridgehead atoms. The molecule has 0 saturated carbocycles. The third kappa shape index (κ3) is 3.18. The van der Waals surface area contributed by atoms with Crippen LogP contribution in [-0.4, -0.2) is 12.8 Å². The van der Waals surface area contributed by atoms with E-state index in [0.717, 1.165) is 39.7 Å². The molecule has 0 spiro atoms. The number of nitrogens with zero attached hydrogens (tertiary/aromatic N) is 2. The third-order valence-corrected chi connectivity index (χ3v) is 4.86. The van der Waals surface area contributed by atoms with Crippen molar-refractivity contribution in [2.24, 2.45) is 5.10 Å². The Bertz CT molecular complexity index is 922. The van der Waals surface area contributed by atoms with E-state index in [1.54, 1.807) is 7.11 Å². The molecule has 1 atom stereocenters. The Balaban J connectivity index is 1.77. The number of benzene rings is 3. The second kappa shape index (κ2) is 7.22. The van der Waals surface area contributed by atoms with E-state index in [1.165, 1.54) is 0 Å². The summed E-state index contributed by atoms with van der Waals surface area (Å²) in [6.07, 6.45) is 0.802. The van der Waals surface area contributed by atoms with Crippen molar-refractivity contribution in [2.45, 2.75) is 12.5 Å². The summed E-state index contributed by atoms with van der Waals surface area (Å²) in [6.45, 7) is 0. The first kappa shape index (κ1) is 16.7. The van der Waals surface area contributed by atoms with E-state index in [-0.39, 0.29) is 6.04 Å². The number of hydrazone groups is 1. The molecule has 3 aromatic rings. The molecule has 0 fully saturated rings. The van der Waals surface area contributed by atoms with Gasteiger partial charge in [-0.2, -0.15) is 5.10 Å². The first-order chi connectivity index (χ1) is 12.8. The molecule has 4 rings (SSSR count). The first-order valence-electron chi connectivity index (χ1n) is 8.57. The fraction of sp³-hybridized carbons (Fsp3) is 0.136. The summed E-state index contributed by atoms with van der Waals surface area (Å²) in [4.78, 5) is 0. The fourth-order valence-corrected chi connectivity index (χ4v) is 3.46. The lowest BCUT2D eigenvalue weighted by atomic mass is 9.97. The number of hydrogen-bond acceptors (Lipinski definition) is 3. The van der Waals surface area contributed by atoms with Gasteiger partial charge in [-0.05, 0) is 35.9 Å². The van der Waals surface area contributed by atoms with Crippen LogP contribution < -0.4 is 9.75 Å². The normalized spacial score (nSPS) is 16.5. The van der Waals surface area contributed by atoms with Crippen molar-refractivity contribution < 1.29 is 4.74 Å². The molecular weight excluding hydrogens is 344 g/mol. The van der Waals surface area contributed by atoms with Crippen LogP contribution in [0.5, 0.6) is 5.75 Å². The predicted molar refractivity (Wildman–Crippen MR) is 107 cm³/mol. The van der Waals surface area contributed by atoms with Crippen LogP contribution >= 0.6 is 11.6 Å². The van der Waals surface area contributed by atoms with Gasteiger partial charge in [-0.25, -0.2) is 0 Å². The lowest BCUT2D eigenvalue weighted by molar-refractivity contribution is 0.405.